The highest BCUT2D eigenvalue weighted by molar-refractivity contribution is 7.80. The molecule has 1 aromatic rings. The number of benzene rings is 1. The fourth-order valence-electron chi connectivity index (χ4n) is 2.10. The van der Waals surface area contributed by atoms with Gasteiger partial charge < -0.3 is 10.1 Å². The van der Waals surface area contributed by atoms with E-state index in [1.165, 1.54) is 12.1 Å². The minimum absolute atomic E-state index is 0.0388. The Labute approximate surface area is 146 Å². The number of esters is 1. The van der Waals surface area contributed by atoms with Crippen molar-refractivity contribution in [3.63, 3.8) is 0 Å². The van der Waals surface area contributed by atoms with Gasteiger partial charge in [-0.2, -0.15) is 5.10 Å². The highest BCUT2D eigenvalue weighted by atomic mass is 32.1. The lowest BCUT2D eigenvalue weighted by Gasteiger charge is -2.17. The molecular formula is C17H19N3O3S. The number of carbonyl (C=O) groups is 2. The Morgan fingerprint density at radius 1 is 1.42 bits per heavy atom. The first kappa shape index (κ1) is 17.8. The molecule has 1 unspecified atom stereocenters. The predicted molar refractivity (Wildman–Crippen MR) is 96.5 cm³/mol. The number of nitrogens with one attached hydrogen (secondary N) is 1. The highest BCUT2D eigenvalue weighted by Gasteiger charge is 2.35. The summed E-state index contributed by atoms with van der Waals surface area (Å²) in [7, 11) is 1.25. The number of nitrogens with zero attached hydrogens (tertiary/aromatic N) is 2. The van der Waals surface area contributed by atoms with Gasteiger partial charge in [0.2, 0.25) is 5.78 Å². The number of hydrogen-bond acceptors (Lipinski definition) is 5. The Bertz CT molecular complexity index is 713. The molecule has 126 valence electrons. The van der Waals surface area contributed by atoms with Crippen LogP contribution < -0.4 is 5.32 Å². The topological polar surface area (TPSA) is 71.0 Å². The molecule has 1 aliphatic rings. The molecule has 7 heteroatoms. The van der Waals surface area contributed by atoms with Crippen molar-refractivity contribution < 1.29 is 14.3 Å². The maximum atomic E-state index is 12.6. The van der Waals surface area contributed by atoms with Crippen molar-refractivity contribution in [1.82, 2.24) is 5.01 Å². The number of para-hydroxylation sites is 1. The van der Waals surface area contributed by atoms with Gasteiger partial charge in [0.25, 0.3) is 0 Å². The maximum Gasteiger partial charge on any atom is 0.332 e. The monoisotopic (exact) mass is 345 g/mol. The fourth-order valence-corrected chi connectivity index (χ4v) is 2.36. The van der Waals surface area contributed by atoms with Crippen LogP contribution in [0, 0.1) is 5.92 Å². The summed E-state index contributed by atoms with van der Waals surface area (Å²) in [5, 5.41) is 8.83. The molecule has 1 N–H and O–H groups in total. The number of hydrogen-bond donors (Lipinski definition) is 1. The number of thiocarbonyl (C=S) groups is 1. The van der Waals surface area contributed by atoms with Crippen molar-refractivity contribution in [3.05, 3.63) is 42.1 Å². The minimum atomic E-state index is -0.633. The fraction of sp³-hybridized carbons (Fsp3) is 0.294. The quantitative estimate of drug-likeness (QED) is 0.514. The first-order chi connectivity index (χ1) is 11.5. The summed E-state index contributed by atoms with van der Waals surface area (Å²) < 4.78 is 4.62. The van der Waals surface area contributed by atoms with Crippen LogP contribution in [0.1, 0.15) is 20.3 Å². The van der Waals surface area contributed by atoms with Crippen LogP contribution in [0.5, 0.6) is 0 Å². The first-order valence-electron chi connectivity index (χ1n) is 7.56. The van der Waals surface area contributed by atoms with Crippen LogP contribution in [0.15, 0.2) is 47.2 Å². The van der Waals surface area contributed by atoms with E-state index in [1.54, 1.807) is 0 Å². The van der Waals surface area contributed by atoms with Gasteiger partial charge >= 0.3 is 5.97 Å². The van der Waals surface area contributed by atoms with E-state index in [9.17, 15) is 9.59 Å². The lowest BCUT2D eigenvalue weighted by Crippen LogP contribution is -2.29. The number of carbonyl (C=O) groups excluding carboxylic acids is 2. The summed E-state index contributed by atoms with van der Waals surface area (Å²) in [5.41, 5.74) is 1.23. The number of rotatable bonds is 4. The average Bonchev–Trinajstić information content (AvgIpc) is 2.92. The second kappa shape index (κ2) is 7.83. The molecule has 24 heavy (non-hydrogen) atoms. The van der Waals surface area contributed by atoms with E-state index < -0.39 is 5.97 Å². The van der Waals surface area contributed by atoms with E-state index in [1.807, 2.05) is 44.2 Å². The number of methoxy groups -OCH3 is 1. The third-order valence-electron chi connectivity index (χ3n) is 3.65. The highest BCUT2D eigenvalue weighted by Crippen LogP contribution is 2.23. The summed E-state index contributed by atoms with van der Waals surface area (Å²) in [6, 6.07) is 9.29. The van der Waals surface area contributed by atoms with Crippen LogP contribution in [0.4, 0.5) is 5.69 Å². The number of allylic oxidation sites excluding steroid dienone is 1. The summed E-state index contributed by atoms with van der Waals surface area (Å²) in [5.74, 6) is -0.985. The van der Waals surface area contributed by atoms with Crippen LogP contribution in [-0.2, 0) is 14.3 Å². The third kappa shape index (κ3) is 3.86. The van der Waals surface area contributed by atoms with Crippen molar-refractivity contribution >= 4 is 40.5 Å². The molecule has 2 rings (SSSR count). The van der Waals surface area contributed by atoms with Gasteiger partial charge in [-0.05, 0) is 30.8 Å². The molecule has 1 aromatic carbocycles. The van der Waals surface area contributed by atoms with Crippen LogP contribution in [-0.4, -0.2) is 34.7 Å². The van der Waals surface area contributed by atoms with Gasteiger partial charge in [-0.15, -0.1) is 0 Å². The molecule has 0 saturated heterocycles. The van der Waals surface area contributed by atoms with Crippen molar-refractivity contribution in [3.8, 4) is 0 Å². The zero-order chi connectivity index (χ0) is 17.7. The largest absolute Gasteiger partial charge is 0.466 e. The van der Waals surface area contributed by atoms with E-state index in [0.717, 1.165) is 18.2 Å². The molecule has 1 aliphatic heterocycles. The van der Waals surface area contributed by atoms with Gasteiger partial charge in [0.05, 0.1) is 13.2 Å². The number of ether oxygens (including phenoxy) is 1. The second-order valence-electron chi connectivity index (χ2n) is 5.28. The predicted octanol–water partition coefficient (Wildman–Crippen LogP) is 2.73. The summed E-state index contributed by atoms with van der Waals surface area (Å²) in [6.45, 7) is 3.87. The van der Waals surface area contributed by atoms with Crippen molar-refractivity contribution in [1.29, 1.82) is 0 Å². The smallest absolute Gasteiger partial charge is 0.332 e. The number of Topliss-reactive ketones (excluding diaryl/α,β-unsaturated/α-hetero) is 1. The Hall–Kier alpha value is -2.54. The van der Waals surface area contributed by atoms with Crippen molar-refractivity contribution in [2.75, 3.05) is 12.4 Å². The van der Waals surface area contributed by atoms with Crippen LogP contribution >= 0.6 is 12.2 Å². The molecule has 1 heterocycles. The Balaban J connectivity index is 2.33. The van der Waals surface area contributed by atoms with Gasteiger partial charge in [0.1, 0.15) is 11.4 Å². The van der Waals surface area contributed by atoms with Gasteiger partial charge in [-0.3, -0.25) is 4.79 Å². The van der Waals surface area contributed by atoms with Crippen LogP contribution in [0.25, 0.3) is 0 Å². The molecule has 0 fully saturated rings. The molecule has 0 amide bonds. The Kier molecular flexibility index (Phi) is 5.81. The summed E-state index contributed by atoms with van der Waals surface area (Å²) >= 11 is 5.35. The van der Waals surface area contributed by atoms with Crippen molar-refractivity contribution in [2.45, 2.75) is 20.3 Å². The van der Waals surface area contributed by atoms with Crippen LogP contribution in [0.2, 0.25) is 0 Å². The lowest BCUT2D eigenvalue weighted by atomic mass is 9.98. The SMILES string of the molecule is CCC(C)C1=NN(C(=S)Nc2ccccc2)/C(=C/C(=O)OC)C1=O. The zero-order valence-corrected chi connectivity index (χ0v) is 14.6. The van der Waals surface area contributed by atoms with E-state index >= 15 is 0 Å². The van der Waals surface area contributed by atoms with Gasteiger partial charge in [-0.25, -0.2) is 9.80 Å². The molecular weight excluding hydrogens is 326 g/mol. The number of ketones is 1. The molecule has 0 radical (unpaired) electrons. The molecule has 6 nitrogen and oxygen atoms in total. The third-order valence-corrected chi connectivity index (χ3v) is 3.93. The minimum Gasteiger partial charge on any atom is -0.466 e. The number of anilines is 1. The van der Waals surface area contributed by atoms with E-state index in [-0.39, 0.29) is 22.5 Å². The Morgan fingerprint density at radius 3 is 2.67 bits per heavy atom. The van der Waals surface area contributed by atoms with Crippen LogP contribution in [0.3, 0.4) is 0 Å². The first-order valence-corrected chi connectivity index (χ1v) is 7.97. The Morgan fingerprint density at radius 2 is 2.08 bits per heavy atom. The zero-order valence-electron chi connectivity index (χ0n) is 13.8. The van der Waals surface area contributed by atoms with Gasteiger partial charge in [-0.1, -0.05) is 32.0 Å². The molecule has 0 aliphatic carbocycles. The molecule has 0 aromatic heterocycles. The molecule has 0 bridgehead atoms. The summed E-state index contributed by atoms with van der Waals surface area (Å²) in [4.78, 5) is 24.2. The van der Waals surface area contributed by atoms with E-state index in [0.29, 0.717) is 5.71 Å². The standard InChI is InChI=1S/C17H19N3O3S/c1-4-11(2)15-16(22)13(10-14(21)23-3)20(19-15)17(24)18-12-8-6-5-7-9-12/h5-11H,4H2,1-3H3,(H,18,24)/b13-10+. The number of hydrazone groups is 1. The molecule has 1 atom stereocenters. The lowest BCUT2D eigenvalue weighted by molar-refractivity contribution is -0.135. The maximum absolute atomic E-state index is 12.6. The molecule has 0 spiro atoms. The molecule has 0 saturated carbocycles. The van der Waals surface area contributed by atoms with Gasteiger partial charge in [0, 0.05) is 11.6 Å². The normalized spacial score (nSPS) is 16.8. The van der Waals surface area contributed by atoms with Gasteiger partial charge in [0.15, 0.2) is 5.11 Å². The average molecular weight is 345 g/mol. The van der Waals surface area contributed by atoms with E-state index in [4.69, 9.17) is 12.2 Å². The van der Waals surface area contributed by atoms with E-state index in [2.05, 4.69) is 15.2 Å². The second-order valence-corrected chi connectivity index (χ2v) is 5.67. The summed E-state index contributed by atoms with van der Waals surface area (Å²) in [6.07, 6.45) is 1.86. The van der Waals surface area contributed by atoms with Crippen molar-refractivity contribution in [2.24, 2.45) is 11.0 Å².